The molecule has 1 fully saturated rings. The summed E-state index contributed by atoms with van der Waals surface area (Å²) < 4.78 is 29.1. The van der Waals surface area contributed by atoms with E-state index in [4.69, 9.17) is 14.2 Å². The molecule has 0 saturated carbocycles. The maximum Gasteiger partial charge on any atom is 0.189 e. The lowest BCUT2D eigenvalue weighted by atomic mass is 10.1. The molecule has 0 amide bonds. The predicted molar refractivity (Wildman–Crippen MR) is 97.5 cm³/mol. The molecule has 1 saturated heterocycles. The second-order valence-corrected chi connectivity index (χ2v) is 6.07. The lowest BCUT2D eigenvalue weighted by Crippen LogP contribution is -2.07. The molecule has 4 heteroatoms. The molecule has 0 N–H and O–H groups in total. The third-order valence-electron chi connectivity index (χ3n) is 4.02. The number of benzene rings is 3. The molecule has 130 valence electrons. The Morgan fingerprint density at radius 2 is 1.62 bits per heavy atom. The van der Waals surface area contributed by atoms with Gasteiger partial charge in [0.1, 0.15) is 17.7 Å². The molecule has 0 bridgehead atoms. The minimum absolute atomic E-state index is 0.211. The van der Waals surface area contributed by atoms with E-state index < -0.39 is 0 Å². The van der Waals surface area contributed by atoms with Crippen molar-refractivity contribution in [3.63, 3.8) is 0 Å². The zero-order chi connectivity index (χ0) is 17.8. The summed E-state index contributed by atoms with van der Waals surface area (Å²) in [6.07, 6.45) is 0.241. The smallest absolute Gasteiger partial charge is 0.189 e. The van der Waals surface area contributed by atoms with E-state index >= 15 is 0 Å². The average molecular weight is 348 g/mol. The van der Waals surface area contributed by atoms with Crippen LogP contribution in [-0.2, 0) is 9.47 Å². The summed E-state index contributed by atoms with van der Waals surface area (Å²) in [7, 11) is 0. The Kier molecular flexibility index (Phi) is 4.83. The molecule has 3 nitrogen and oxygen atoms in total. The molecule has 0 aliphatic carbocycles. The van der Waals surface area contributed by atoms with Gasteiger partial charge in [0, 0.05) is 11.1 Å². The van der Waals surface area contributed by atoms with Crippen LogP contribution in [0.5, 0.6) is 5.75 Å². The number of hydrogen-bond donors (Lipinski definition) is 0. The highest BCUT2D eigenvalue weighted by Crippen LogP contribution is 2.17. The van der Waals surface area contributed by atoms with Crippen molar-refractivity contribution in [2.45, 2.75) is 6.10 Å². The van der Waals surface area contributed by atoms with Gasteiger partial charge in [-0.1, -0.05) is 24.0 Å². The van der Waals surface area contributed by atoms with E-state index in [2.05, 4.69) is 11.8 Å². The highest BCUT2D eigenvalue weighted by atomic mass is 19.1. The number of ether oxygens (including phenoxy) is 3. The van der Waals surface area contributed by atoms with Crippen LogP contribution in [0.2, 0.25) is 0 Å². The van der Waals surface area contributed by atoms with Crippen LogP contribution in [0.4, 0.5) is 4.39 Å². The monoisotopic (exact) mass is 348 g/mol. The van der Waals surface area contributed by atoms with Crippen molar-refractivity contribution < 1.29 is 18.6 Å². The third kappa shape index (κ3) is 4.40. The van der Waals surface area contributed by atoms with Crippen LogP contribution >= 0.6 is 0 Å². The first-order valence-electron chi connectivity index (χ1n) is 8.40. The van der Waals surface area contributed by atoms with Gasteiger partial charge in [-0.15, -0.1) is 0 Å². The molecule has 1 aliphatic heterocycles. The first-order chi connectivity index (χ1) is 12.8. The second kappa shape index (κ2) is 7.57. The van der Waals surface area contributed by atoms with Crippen molar-refractivity contribution in [1.82, 2.24) is 0 Å². The summed E-state index contributed by atoms with van der Waals surface area (Å²) >= 11 is 0. The highest BCUT2D eigenvalue weighted by molar-refractivity contribution is 5.83. The fourth-order valence-corrected chi connectivity index (χ4v) is 2.53. The number of epoxide rings is 1. The fourth-order valence-electron chi connectivity index (χ4n) is 2.53. The molecule has 26 heavy (non-hydrogen) atoms. The summed E-state index contributed by atoms with van der Waals surface area (Å²) in [5.74, 6) is 6.77. The molecule has 3 aromatic rings. The molecule has 1 unspecified atom stereocenters. The summed E-state index contributed by atoms with van der Waals surface area (Å²) in [5, 5.41) is 1.84. The Morgan fingerprint density at radius 3 is 2.42 bits per heavy atom. The summed E-state index contributed by atoms with van der Waals surface area (Å²) in [4.78, 5) is 0. The number of rotatable bonds is 5. The highest BCUT2D eigenvalue weighted by Gasteiger charge is 2.22. The molecule has 0 spiro atoms. The van der Waals surface area contributed by atoms with Crippen LogP contribution in [0.1, 0.15) is 11.1 Å². The molecular formula is C22H17FO3. The van der Waals surface area contributed by atoms with E-state index in [-0.39, 0.29) is 18.7 Å². The van der Waals surface area contributed by atoms with Gasteiger partial charge in [-0.05, 0) is 59.3 Å². The van der Waals surface area contributed by atoms with Gasteiger partial charge in [0.2, 0.25) is 0 Å². The SMILES string of the molecule is Fc1ccc2cc(C#Cc3ccc(OCOCC4CO4)cc3)ccc2c1. The molecule has 0 aromatic heterocycles. The van der Waals surface area contributed by atoms with Crippen LogP contribution in [0.15, 0.2) is 60.7 Å². The van der Waals surface area contributed by atoms with Crippen LogP contribution in [0.25, 0.3) is 10.8 Å². The summed E-state index contributed by atoms with van der Waals surface area (Å²) in [6, 6.07) is 18.0. The van der Waals surface area contributed by atoms with Gasteiger partial charge in [0.05, 0.1) is 13.2 Å². The van der Waals surface area contributed by atoms with E-state index in [0.29, 0.717) is 6.61 Å². The second-order valence-electron chi connectivity index (χ2n) is 6.07. The van der Waals surface area contributed by atoms with E-state index in [1.54, 1.807) is 6.07 Å². The van der Waals surface area contributed by atoms with Crippen molar-refractivity contribution in [2.75, 3.05) is 20.0 Å². The molecule has 1 atom stereocenters. The molecule has 1 heterocycles. The maximum absolute atomic E-state index is 13.2. The van der Waals surface area contributed by atoms with Gasteiger partial charge in [0.25, 0.3) is 0 Å². The van der Waals surface area contributed by atoms with Crippen molar-refractivity contribution in [3.05, 3.63) is 77.6 Å². The fraction of sp³-hybridized carbons (Fsp3) is 0.182. The first kappa shape index (κ1) is 16.6. The normalized spacial score (nSPS) is 15.3. The lowest BCUT2D eigenvalue weighted by Gasteiger charge is -2.05. The Labute approximate surface area is 151 Å². The van der Waals surface area contributed by atoms with E-state index in [0.717, 1.165) is 34.3 Å². The van der Waals surface area contributed by atoms with Crippen molar-refractivity contribution in [2.24, 2.45) is 0 Å². The summed E-state index contributed by atoms with van der Waals surface area (Å²) in [6.45, 7) is 1.56. The molecular weight excluding hydrogens is 331 g/mol. The Morgan fingerprint density at radius 1 is 0.923 bits per heavy atom. The first-order valence-corrected chi connectivity index (χ1v) is 8.40. The third-order valence-corrected chi connectivity index (χ3v) is 4.02. The van der Waals surface area contributed by atoms with Crippen molar-refractivity contribution >= 4 is 10.8 Å². The zero-order valence-electron chi connectivity index (χ0n) is 14.1. The predicted octanol–water partition coefficient (Wildman–Crippen LogP) is 4.13. The molecule has 0 radical (unpaired) electrons. The quantitative estimate of drug-likeness (QED) is 0.301. The molecule has 1 aliphatic rings. The van der Waals surface area contributed by atoms with E-state index in [1.807, 2.05) is 42.5 Å². The minimum Gasteiger partial charge on any atom is -0.468 e. The van der Waals surface area contributed by atoms with Crippen molar-refractivity contribution in [1.29, 1.82) is 0 Å². The van der Waals surface area contributed by atoms with Gasteiger partial charge in [-0.25, -0.2) is 4.39 Å². The van der Waals surface area contributed by atoms with E-state index in [9.17, 15) is 4.39 Å². The number of fused-ring (bicyclic) bond motifs is 1. The van der Waals surface area contributed by atoms with Crippen LogP contribution in [0.3, 0.4) is 0 Å². The largest absolute Gasteiger partial charge is 0.468 e. The molecule has 3 aromatic carbocycles. The van der Waals surface area contributed by atoms with Crippen molar-refractivity contribution in [3.8, 4) is 17.6 Å². The van der Waals surface area contributed by atoms with Crippen LogP contribution in [-0.4, -0.2) is 26.1 Å². The maximum atomic E-state index is 13.2. The number of halogens is 1. The topological polar surface area (TPSA) is 31.0 Å². The Hall–Kier alpha value is -2.87. The Bertz CT molecular complexity index is 966. The Balaban J connectivity index is 1.38. The standard InChI is InChI=1S/C22H17FO3/c23-20-8-7-18-11-17(3-6-19(18)12-20)2-1-16-4-9-21(10-5-16)26-15-24-13-22-14-25-22/h3-12,22H,13-15H2. The van der Waals surface area contributed by atoms with Gasteiger partial charge in [-0.2, -0.15) is 0 Å². The van der Waals surface area contributed by atoms with Gasteiger partial charge < -0.3 is 14.2 Å². The number of hydrogen-bond acceptors (Lipinski definition) is 3. The molecule has 4 rings (SSSR count). The lowest BCUT2D eigenvalue weighted by molar-refractivity contribution is 0.00821. The van der Waals surface area contributed by atoms with Gasteiger partial charge in [0.15, 0.2) is 6.79 Å². The van der Waals surface area contributed by atoms with Crippen LogP contribution < -0.4 is 4.74 Å². The van der Waals surface area contributed by atoms with Gasteiger partial charge in [-0.3, -0.25) is 0 Å². The van der Waals surface area contributed by atoms with Gasteiger partial charge >= 0.3 is 0 Å². The van der Waals surface area contributed by atoms with Crippen LogP contribution in [0, 0.1) is 17.7 Å². The average Bonchev–Trinajstić information content (AvgIpc) is 3.49. The summed E-state index contributed by atoms with van der Waals surface area (Å²) in [5.41, 5.74) is 1.78. The van der Waals surface area contributed by atoms with E-state index in [1.165, 1.54) is 12.1 Å². The zero-order valence-corrected chi connectivity index (χ0v) is 14.1. The minimum atomic E-state index is -0.232.